The van der Waals surface area contributed by atoms with Crippen LogP contribution in [0.5, 0.6) is 0 Å². The SMILES string of the molecule is Cc1noc(C)c1C(=O)N1CCN(C(=O)c2ccc(F)c(F)c2F)CC1. The maximum absolute atomic E-state index is 13.8. The first-order chi connectivity index (χ1) is 12.3. The molecule has 1 aliphatic rings. The van der Waals surface area contributed by atoms with Gasteiger partial charge in [-0.15, -0.1) is 0 Å². The fourth-order valence-corrected chi connectivity index (χ4v) is 2.92. The molecule has 2 heterocycles. The van der Waals surface area contributed by atoms with Crippen LogP contribution < -0.4 is 0 Å². The van der Waals surface area contributed by atoms with Gasteiger partial charge in [-0.2, -0.15) is 0 Å². The molecule has 1 aliphatic heterocycles. The van der Waals surface area contributed by atoms with Crippen molar-refractivity contribution in [3.63, 3.8) is 0 Å². The predicted octanol–water partition coefficient (Wildman–Crippen LogP) is 2.31. The molecule has 0 saturated carbocycles. The van der Waals surface area contributed by atoms with Gasteiger partial charge in [0.15, 0.2) is 17.5 Å². The number of carbonyl (C=O) groups is 2. The van der Waals surface area contributed by atoms with Crippen LogP contribution >= 0.6 is 0 Å². The highest BCUT2D eigenvalue weighted by Gasteiger charge is 2.30. The Morgan fingerprint density at radius 1 is 0.962 bits per heavy atom. The molecule has 0 spiro atoms. The van der Waals surface area contributed by atoms with Crippen LogP contribution in [0.4, 0.5) is 13.2 Å². The summed E-state index contributed by atoms with van der Waals surface area (Å²) in [4.78, 5) is 27.8. The van der Waals surface area contributed by atoms with Gasteiger partial charge in [-0.3, -0.25) is 9.59 Å². The molecule has 1 saturated heterocycles. The lowest BCUT2D eigenvalue weighted by molar-refractivity contribution is 0.0530. The Morgan fingerprint density at radius 2 is 1.54 bits per heavy atom. The van der Waals surface area contributed by atoms with Gasteiger partial charge in [0, 0.05) is 26.2 Å². The molecule has 3 rings (SSSR count). The summed E-state index contributed by atoms with van der Waals surface area (Å²) < 4.78 is 45.1. The minimum atomic E-state index is -1.68. The summed E-state index contributed by atoms with van der Waals surface area (Å²) in [6.07, 6.45) is 0. The minimum Gasteiger partial charge on any atom is -0.361 e. The molecule has 0 unspecified atom stereocenters. The van der Waals surface area contributed by atoms with Gasteiger partial charge in [0.05, 0.1) is 11.3 Å². The Kier molecular flexibility index (Phi) is 4.71. The first kappa shape index (κ1) is 18.0. The third-order valence-electron chi connectivity index (χ3n) is 4.37. The molecule has 0 radical (unpaired) electrons. The van der Waals surface area contributed by atoms with E-state index in [4.69, 9.17) is 4.52 Å². The number of halogens is 3. The van der Waals surface area contributed by atoms with E-state index in [-0.39, 0.29) is 32.1 Å². The lowest BCUT2D eigenvalue weighted by Gasteiger charge is -2.34. The number of piperazine rings is 1. The Labute approximate surface area is 147 Å². The molecule has 138 valence electrons. The van der Waals surface area contributed by atoms with E-state index in [1.807, 2.05) is 0 Å². The number of hydrogen-bond donors (Lipinski definition) is 0. The normalized spacial score (nSPS) is 14.7. The summed E-state index contributed by atoms with van der Waals surface area (Å²) in [5, 5.41) is 3.75. The van der Waals surface area contributed by atoms with Gasteiger partial charge < -0.3 is 14.3 Å². The smallest absolute Gasteiger partial charge is 0.259 e. The van der Waals surface area contributed by atoms with Crippen LogP contribution in [-0.2, 0) is 0 Å². The summed E-state index contributed by atoms with van der Waals surface area (Å²) in [6, 6.07) is 1.63. The van der Waals surface area contributed by atoms with Crippen molar-refractivity contribution in [1.82, 2.24) is 15.0 Å². The molecule has 6 nitrogen and oxygen atoms in total. The van der Waals surface area contributed by atoms with Crippen LogP contribution in [-0.4, -0.2) is 52.9 Å². The summed E-state index contributed by atoms with van der Waals surface area (Å²) in [7, 11) is 0. The number of aryl methyl sites for hydroxylation is 2. The monoisotopic (exact) mass is 367 g/mol. The van der Waals surface area contributed by atoms with Crippen LogP contribution in [0.3, 0.4) is 0 Å². The van der Waals surface area contributed by atoms with Crippen molar-refractivity contribution in [2.24, 2.45) is 0 Å². The van der Waals surface area contributed by atoms with Crippen LogP contribution in [0.15, 0.2) is 16.7 Å². The molecule has 1 fully saturated rings. The van der Waals surface area contributed by atoms with Crippen molar-refractivity contribution >= 4 is 11.8 Å². The van der Waals surface area contributed by atoms with Gasteiger partial charge in [0.2, 0.25) is 0 Å². The first-order valence-electron chi connectivity index (χ1n) is 7.96. The van der Waals surface area contributed by atoms with Gasteiger partial charge in [0.25, 0.3) is 11.8 Å². The summed E-state index contributed by atoms with van der Waals surface area (Å²) >= 11 is 0. The van der Waals surface area contributed by atoms with Crippen molar-refractivity contribution in [3.8, 4) is 0 Å². The van der Waals surface area contributed by atoms with Crippen molar-refractivity contribution < 1.29 is 27.3 Å². The van der Waals surface area contributed by atoms with Crippen LogP contribution in [0, 0.1) is 31.3 Å². The molecule has 26 heavy (non-hydrogen) atoms. The maximum atomic E-state index is 13.8. The predicted molar refractivity (Wildman–Crippen MR) is 84.1 cm³/mol. The molecule has 0 bridgehead atoms. The second-order valence-electron chi connectivity index (χ2n) is 6.01. The molecule has 0 N–H and O–H groups in total. The summed E-state index contributed by atoms with van der Waals surface area (Å²) in [5.41, 5.74) is 0.334. The highest BCUT2D eigenvalue weighted by atomic mass is 19.2. The zero-order valence-corrected chi connectivity index (χ0v) is 14.2. The Morgan fingerprint density at radius 3 is 2.08 bits per heavy atom. The third-order valence-corrected chi connectivity index (χ3v) is 4.37. The zero-order chi connectivity index (χ0) is 19.0. The lowest BCUT2D eigenvalue weighted by atomic mass is 10.1. The largest absolute Gasteiger partial charge is 0.361 e. The van der Waals surface area contributed by atoms with Crippen LogP contribution in [0.25, 0.3) is 0 Å². The van der Waals surface area contributed by atoms with Gasteiger partial charge in [-0.25, -0.2) is 13.2 Å². The van der Waals surface area contributed by atoms with Crippen molar-refractivity contribution in [3.05, 3.63) is 52.2 Å². The Hall–Kier alpha value is -2.84. The Bertz CT molecular complexity index is 854. The van der Waals surface area contributed by atoms with Gasteiger partial charge >= 0.3 is 0 Å². The minimum absolute atomic E-state index is 0.145. The standard InChI is InChI=1S/C17H16F3N3O3/c1-9-13(10(2)26-21-9)17(25)23-7-5-22(6-8-23)16(24)11-3-4-12(18)15(20)14(11)19/h3-4H,5-8H2,1-2H3. The number of hydrogen-bond acceptors (Lipinski definition) is 4. The van der Waals surface area contributed by atoms with Crippen molar-refractivity contribution in [2.45, 2.75) is 13.8 Å². The number of nitrogens with zero attached hydrogens (tertiary/aromatic N) is 3. The average Bonchev–Trinajstić information content (AvgIpc) is 2.97. The van der Waals surface area contributed by atoms with Crippen LogP contribution in [0.2, 0.25) is 0 Å². The number of carbonyl (C=O) groups excluding carboxylic acids is 2. The molecule has 1 aromatic carbocycles. The topological polar surface area (TPSA) is 66.7 Å². The second kappa shape index (κ2) is 6.81. The maximum Gasteiger partial charge on any atom is 0.259 e. The van der Waals surface area contributed by atoms with Gasteiger partial charge in [-0.05, 0) is 26.0 Å². The van der Waals surface area contributed by atoms with E-state index < -0.39 is 28.9 Å². The first-order valence-corrected chi connectivity index (χ1v) is 7.96. The van der Waals surface area contributed by atoms with E-state index in [1.54, 1.807) is 13.8 Å². The zero-order valence-electron chi connectivity index (χ0n) is 14.2. The molecule has 0 atom stereocenters. The number of aromatic nitrogens is 1. The summed E-state index contributed by atoms with van der Waals surface area (Å²) in [6.45, 7) is 4.03. The van der Waals surface area contributed by atoms with Gasteiger partial charge in [-0.1, -0.05) is 5.16 Å². The van der Waals surface area contributed by atoms with E-state index in [9.17, 15) is 22.8 Å². The van der Waals surface area contributed by atoms with Crippen LogP contribution in [0.1, 0.15) is 32.2 Å². The lowest BCUT2D eigenvalue weighted by Crippen LogP contribution is -2.50. The average molecular weight is 367 g/mol. The molecule has 1 aromatic heterocycles. The number of rotatable bonds is 2. The van der Waals surface area contributed by atoms with Crippen molar-refractivity contribution in [2.75, 3.05) is 26.2 Å². The van der Waals surface area contributed by atoms with E-state index in [0.29, 0.717) is 23.1 Å². The highest BCUT2D eigenvalue weighted by Crippen LogP contribution is 2.20. The second-order valence-corrected chi connectivity index (χ2v) is 6.01. The van der Waals surface area contributed by atoms with E-state index in [2.05, 4.69) is 5.16 Å². The fourth-order valence-electron chi connectivity index (χ4n) is 2.92. The fraction of sp³-hybridized carbons (Fsp3) is 0.353. The molecule has 2 aromatic rings. The molecular formula is C17H16F3N3O3. The number of benzene rings is 1. The third kappa shape index (κ3) is 3.04. The molecule has 2 amide bonds. The molecule has 0 aliphatic carbocycles. The molecular weight excluding hydrogens is 351 g/mol. The number of amides is 2. The Balaban J connectivity index is 1.70. The van der Waals surface area contributed by atoms with E-state index >= 15 is 0 Å². The van der Waals surface area contributed by atoms with Crippen molar-refractivity contribution in [1.29, 1.82) is 0 Å². The van der Waals surface area contributed by atoms with E-state index in [1.165, 1.54) is 9.80 Å². The highest BCUT2D eigenvalue weighted by molar-refractivity contribution is 5.97. The molecule has 9 heteroatoms. The van der Waals surface area contributed by atoms with Gasteiger partial charge in [0.1, 0.15) is 11.3 Å². The summed E-state index contributed by atoms with van der Waals surface area (Å²) in [5.74, 6) is -5.13. The quantitative estimate of drug-likeness (QED) is 0.764. The van der Waals surface area contributed by atoms with E-state index in [0.717, 1.165) is 6.07 Å².